The van der Waals surface area contributed by atoms with Gasteiger partial charge in [-0.25, -0.2) is 0 Å². The lowest BCUT2D eigenvalue weighted by Crippen LogP contribution is -2.60. The van der Waals surface area contributed by atoms with Gasteiger partial charge in [0.1, 0.15) is 36.6 Å². The maximum Gasteiger partial charge on any atom is 0.249 e. The van der Waals surface area contributed by atoms with Gasteiger partial charge >= 0.3 is 0 Å². The largest absolute Gasteiger partial charge is 0.394 e. The lowest BCUT2D eigenvalue weighted by molar-refractivity contribution is -0.303. The van der Waals surface area contributed by atoms with Crippen LogP contribution in [-0.2, 0) is 14.3 Å². The van der Waals surface area contributed by atoms with Crippen molar-refractivity contribution in [2.24, 2.45) is 0 Å². The summed E-state index contributed by atoms with van der Waals surface area (Å²) < 4.78 is 11.1. The molecule has 0 saturated carbocycles. The first-order valence-corrected chi connectivity index (χ1v) is 28.6. The summed E-state index contributed by atoms with van der Waals surface area (Å²) >= 11 is 0. The van der Waals surface area contributed by atoms with Crippen molar-refractivity contribution in [3.05, 3.63) is 48.6 Å². The molecular formula is C58H107NO10. The van der Waals surface area contributed by atoms with Crippen molar-refractivity contribution in [3.63, 3.8) is 0 Å². The van der Waals surface area contributed by atoms with Crippen molar-refractivity contribution in [1.29, 1.82) is 0 Å². The Bertz CT molecular complexity index is 1260. The number of unbranched alkanes of at least 4 members (excludes halogenated alkanes) is 29. The summed E-state index contributed by atoms with van der Waals surface area (Å²) in [6, 6.07) is -1.20. The quantitative estimate of drug-likeness (QED) is 0.0166. The van der Waals surface area contributed by atoms with E-state index in [4.69, 9.17) is 9.47 Å². The summed E-state index contributed by atoms with van der Waals surface area (Å²) in [7, 11) is 0. The van der Waals surface area contributed by atoms with Crippen LogP contribution in [0.5, 0.6) is 0 Å². The number of aliphatic hydroxyl groups excluding tert-OH is 7. The lowest BCUT2D eigenvalue weighted by atomic mass is 9.98. The predicted molar refractivity (Wildman–Crippen MR) is 284 cm³/mol. The van der Waals surface area contributed by atoms with Crippen molar-refractivity contribution in [2.45, 2.75) is 300 Å². The van der Waals surface area contributed by atoms with Gasteiger partial charge in [0.05, 0.1) is 25.4 Å². The molecule has 0 spiro atoms. The fourth-order valence-electron chi connectivity index (χ4n) is 8.92. The molecule has 1 aliphatic heterocycles. The monoisotopic (exact) mass is 978 g/mol. The Morgan fingerprint density at radius 2 is 0.913 bits per heavy atom. The minimum atomic E-state index is -1.67. The Balaban J connectivity index is 2.36. The molecule has 0 radical (unpaired) electrons. The topological polar surface area (TPSA) is 189 Å². The van der Waals surface area contributed by atoms with E-state index in [-0.39, 0.29) is 12.8 Å². The number of carbonyl (C=O) groups excluding carboxylic acids is 1. The maximum atomic E-state index is 13.2. The van der Waals surface area contributed by atoms with Crippen molar-refractivity contribution in [3.8, 4) is 0 Å². The van der Waals surface area contributed by atoms with Crippen LogP contribution >= 0.6 is 0 Å². The van der Waals surface area contributed by atoms with E-state index in [0.717, 1.165) is 51.4 Å². The highest BCUT2D eigenvalue weighted by Gasteiger charge is 2.44. The van der Waals surface area contributed by atoms with E-state index in [1.807, 2.05) is 0 Å². The number of rotatable bonds is 48. The summed E-state index contributed by atoms with van der Waals surface area (Å²) in [6.45, 7) is 3.42. The first-order chi connectivity index (χ1) is 33.7. The average Bonchev–Trinajstić information content (AvgIpc) is 3.35. The van der Waals surface area contributed by atoms with Crippen LogP contribution in [0.1, 0.15) is 245 Å². The summed E-state index contributed by atoms with van der Waals surface area (Å²) in [5.41, 5.74) is 0. The highest BCUT2D eigenvalue weighted by atomic mass is 16.7. The van der Waals surface area contributed by atoms with Gasteiger partial charge in [0.15, 0.2) is 6.29 Å². The van der Waals surface area contributed by atoms with Crippen LogP contribution in [-0.4, -0.2) is 110 Å². The first-order valence-electron chi connectivity index (χ1n) is 28.6. The zero-order valence-electron chi connectivity index (χ0n) is 44.0. The van der Waals surface area contributed by atoms with E-state index in [1.54, 1.807) is 0 Å². The number of nitrogens with one attached hydrogen (secondary N) is 1. The fourth-order valence-corrected chi connectivity index (χ4v) is 8.92. The standard InChI is InChI=1S/C58H107NO10/c1-3-5-7-9-11-13-15-17-19-21-23-24-25-26-27-28-30-31-33-35-37-39-41-43-45-50(61)53(63)49(48-68-58-56(66)55(65)54(64)52(47-60)69-58)59-57(67)51(62)46-44-42-40-38-36-34-32-29-22-20-18-16-14-12-10-8-6-4-2/h12,14,16,18,30-31,37,39,49-56,58,60-66H,3-11,13,15,17,19-29,32-36,38,40-48H2,1-2H3,(H,59,67)/b14-12-,18-16-,31-30+,39-37+. The van der Waals surface area contributed by atoms with Crippen LogP contribution in [0.25, 0.3) is 0 Å². The minimum Gasteiger partial charge on any atom is -0.394 e. The molecular weight excluding hydrogens is 871 g/mol. The molecule has 1 amide bonds. The highest BCUT2D eigenvalue weighted by Crippen LogP contribution is 2.23. The molecule has 69 heavy (non-hydrogen) atoms. The molecule has 1 heterocycles. The number of ether oxygens (including phenoxy) is 2. The molecule has 0 aromatic rings. The van der Waals surface area contributed by atoms with E-state index >= 15 is 0 Å². The summed E-state index contributed by atoms with van der Waals surface area (Å²) in [5.74, 6) is -0.715. The zero-order chi connectivity index (χ0) is 50.4. The van der Waals surface area contributed by atoms with Gasteiger partial charge in [0, 0.05) is 0 Å². The Morgan fingerprint density at radius 3 is 1.41 bits per heavy atom. The summed E-state index contributed by atoms with van der Waals surface area (Å²) in [4.78, 5) is 13.2. The SMILES string of the molecule is CCCCC/C=C\C=C/CCCCCCCCCCCC(O)C(=O)NC(COC1OC(CO)C(O)C(O)C1O)C(O)C(O)CCC/C=C/CC/C=C/CCCCCCCCCCCCCCCCC. The van der Waals surface area contributed by atoms with Crippen molar-refractivity contribution in [1.82, 2.24) is 5.32 Å². The Labute approximate surface area is 421 Å². The van der Waals surface area contributed by atoms with Crippen LogP contribution < -0.4 is 5.32 Å². The second-order valence-electron chi connectivity index (χ2n) is 20.0. The third kappa shape index (κ3) is 35.8. The van der Waals surface area contributed by atoms with E-state index in [2.05, 4.69) is 67.8 Å². The molecule has 1 fully saturated rings. The summed E-state index contributed by atoms with van der Waals surface area (Å²) in [6.07, 6.45) is 47.3. The normalized spacial score (nSPS) is 20.7. The Kier molecular flexibility index (Phi) is 44.4. The van der Waals surface area contributed by atoms with Crippen molar-refractivity contribution < 1.29 is 50.0 Å². The number of carbonyl (C=O) groups is 1. The molecule has 1 aliphatic rings. The molecule has 11 heteroatoms. The van der Waals surface area contributed by atoms with Gasteiger partial charge in [-0.05, 0) is 77.0 Å². The molecule has 1 saturated heterocycles. The van der Waals surface area contributed by atoms with E-state index in [9.17, 15) is 40.5 Å². The molecule has 404 valence electrons. The Hall–Kier alpha value is -1.93. The van der Waals surface area contributed by atoms with Crippen molar-refractivity contribution in [2.75, 3.05) is 13.2 Å². The van der Waals surface area contributed by atoms with Gasteiger partial charge in [-0.2, -0.15) is 0 Å². The average molecular weight is 978 g/mol. The molecule has 0 aliphatic carbocycles. The maximum absolute atomic E-state index is 13.2. The number of allylic oxidation sites excluding steroid dienone is 8. The van der Waals surface area contributed by atoms with Crippen LogP contribution in [0.2, 0.25) is 0 Å². The molecule has 0 bridgehead atoms. The van der Waals surface area contributed by atoms with Crippen LogP contribution in [0.15, 0.2) is 48.6 Å². The van der Waals surface area contributed by atoms with Gasteiger partial charge in [-0.15, -0.1) is 0 Å². The van der Waals surface area contributed by atoms with Gasteiger partial charge < -0.3 is 50.5 Å². The van der Waals surface area contributed by atoms with Crippen LogP contribution in [0.4, 0.5) is 0 Å². The molecule has 0 aromatic heterocycles. The second-order valence-corrected chi connectivity index (χ2v) is 20.0. The minimum absolute atomic E-state index is 0.244. The zero-order valence-corrected chi connectivity index (χ0v) is 44.0. The summed E-state index contributed by atoms with van der Waals surface area (Å²) in [5, 5.41) is 76.1. The number of amides is 1. The molecule has 0 aromatic carbocycles. The van der Waals surface area contributed by atoms with Crippen molar-refractivity contribution >= 4 is 5.91 Å². The number of hydrogen-bond donors (Lipinski definition) is 8. The fraction of sp³-hybridized carbons (Fsp3) is 0.845. The second kappa shape index (κ2) is 47.1. The Morgan fingerprint density at radius 1 is 0.507 bits per heavy atom. The molecule has 11 nitrogen and oxygen atoms in total. The first kappa shape index (κ1) is 65.1. The predicted octanol–water partition coefficient (Wildman–Crippen LogP) is 11.7. The smallest absolute Gasteiger partial charge is 0.249 e. The number of hydrogen-bond acceptors (Lipinski definition) is 10. The van der Waals surface area contributed by atoms with E-state index in [0.29, 0.717) is 19.3 Å². The molecule has 8 N–H and O–H groups in total. The van der Waals surface area contributed by atoms with Crippen LogP contribution in [0.3, 0.4) is 0 Å². The van der Waals surface area contributed by atoms with Gasteiger partial charge in [0.2, 0.25) is 5.91 Å². The molecule has 9 atom stereocenters. The van der Waals surface area contributed by atoms with Gasteiger partial charge in [-0.3, -0.25) is 4.79 Å². The number of aliphatic hydroxyl groups is 7. The van der Waals surface area contributed by atoms with E-state index in [1.165, 1.54) is 148 Å². The van der Waals surface area contributed by atoms with E-state index < -0.39 is 74.2 Å². The van der Waals surface area contributed by atoms with Gasteiger partial charge in [-0.1, -0.05) is 217 Å². The van der Waals surface area contributed by atoms with Gasteiger partial charge in [0.25, 0.3) is 0 Å². The lowest BCUT2D eigenvalue weighted by Gasteiger charge is -2.40. The molecule has 9 unspecified atom stereocenters. The molecule has 1 rings (SSSR count). The highest BCUT2D eigenvalue weighted by molar-refractivity contribution is 5.80. The van der Waals surface area contributed by atoms with Crippen LogP contribution in [0, 0.1) is 0 Å². The third-order valence-corrected chi connectivity index (χ3v) is 13.6. The third-order valence-electron chi connectivity index (χ3n) is 13.6.